The van der Waals surface area contributed by atoms with Crippen molar-refractivity contribution < 1.29 is 0 Å². The van der Waals surface area contributed by atoms with Crippen LogP contribution >= 0.6 is 0 Å². The van der Waals surface area contributed by atoms with Crippen LogP contribution in [0.2, 0.25) is 0 Å². The van der Waals surface area contributed by atoms with Crippen LogP contribution in [0, 0.1) is 6.92 Å². The molecule has 0 amide bonds. The molecule has 2 heterocycles. The van der Waals surface area contributed by atoms with Crippen LogP contribution in [-0.2, 0) is 13.5 Å². The van der Waals surface area contributed by atoms with Gasteiger partial charge in [0.1, 0.15) is 0 Å². The second-order valence-electron chi connectivity index (χ2n) is 4.20. The lowest BCUT2D eigenvalue weighted by atomic mass is 10.0. The molecule has 3 N–H and O–H groups in total. The Kier molecular flexibility index (Phi) is 2.88. The molecular weight excluding hydrogens is 188 g/mol. The van der Waals surface area contributed by atoms with Crippen molar-refractivity contribution in [1.82, 2.24) is 15.1 Å². The van der Waals surface area contributed by atoms with Crippen molar-refractivity contribution in [1.29, 1.82) is 0 Å². The van der Waals surface area contributed by atoms with Crippen LogP contribution in [0.1, 0.15) is 11.4 Å². The van der Waals surface area contributed by atoms with Gasteiger partial charge in [0.15, 0.2) is 0 Å². The molecule has 1 unspecified atom stereocenters. The molecule has 0 aromatic carbocycles. The van der Waals surface area contributed by atoms with Crippen molar-refractivity contribution >= 4 is 0 Å². The van der Waals surface area contributed by atoms with Gasteiger partial charge in [-0.1, -0.05) is 11.6 Å². The van der Waals surface area contributed by atoms with E-state index < -0.39 is 0 Å². The third kappa shape index (κ3) is 2.46. The highest BCUT2D eigenvalue weighted by atomic mass is 15.3. The normalized spacial score (nSPS) is 21.5. The average molecular weight is 206 g/mol. The van der Waals surface area contributed by atoms with Crippen molar-refractivity contribution in [2.75, 3.05) is 13.1 Å². The number of hydrogen-bond donors (Lipinski definition) is 2. The van der Waals surface area contributed by atoms with E-state index >= 15 is 0 Å². The molecule has 1 atom stereocenters. The maximum atomic E-state index is 5.85. The van der Waals surface area contributed by atoms with Crippen molar-refractivity contribution in [3.8, 4) is 0 Å². The Hall–Kier alpha value is -1.13. The largest absolute Gasteiger partial charge is 0.323 e. The van der Waals surface area contributed by atoms with Crippen molar-refractivity contribution in [2.45, 2.75) is 19.4 Å². The van der Waals surface area contributed by atoms with E-state index in [1.54, 1.807) is 0 Å². The Labute approximate surface area is 90.2 Å². The number of nitrogens with two attached hydrogens (primary N) is 1. The molecule has 0 fully saturated rings. The van der Waals surface area contributed by atoms with Gasteiger partial charge in [-0.25, -0.2) is 0 Å². The second-order valence-corrected chi connectivity index (χ2v) is 4.20. The minimum atomic E-state index is 0.151. The first-order valence-electron chi connectivity index (χ1n) is 5.30. The molecule has 0 saturated heterocycles. The lowest BCUT2D eigenvalue weighted by Gasteiger charge is -2.18. The SMILES string of the molecule is Cc1cc(CC2=CC(N)CNC2)nn1C. The number of nitrogens with one attached hydrogen (secondary N) is 1. The Morgan fingerprint density at radius 3 is 3.07 bits per heavy atom. The number of aryl methyl sites for hydroxylation is 2. The third-order valence-corrected chi connectivity index (χ3v) is 2.75. The van der Waals surface area contributed by atoms with Gasteiger partial charge in [-0.05, 0) is 13.0 Å². The summed E-state index contributed by atoms with van der Waals surface area (Å²) in [7, 11) is 1.97. The van der Waals surface area contributed by atoms with Gasteiger partial charge in [0.2, 0.25) is 0 Å². The van der Waals surface area contributed by atoms with E-state index in [9.17, 15) is 0 Å². The molecule has 0 bridgehead atoms. The van der Waals surface area contributed by atoms with Crippen molar-refractivity contribution in [2.24, 2.45) is 12.8 Å². The van der Waals surface area contributed by atoms with Gasteiger partial charge in [-0.15, -0.1) is 0 Å². The Morgan fingerprint density at radius 2 is 2.47 bits per heavy atom. The topological polar surface area (TPSA) is 55.9 Å². The number of hydrogen-bond acceptors (Lipinski definition) is 3. The zero-order valence-electron chi connectivity index (χ0n) is 9.33. The summed E-state index contributed by atoms with van der Waals surface area (Å²) < 4.78 is 1.91. The van der Waals surface area contributed by atoms with Gasteiger partial charge >= 0.3 is 0 Å². The summed E-state index contributed by atoms with van der Waals surface area (Å²) in [6.07, 6.45) is 3.06. The van der Waals surface area contributed by atoms with Gasteiger partial charge in [-0.2, -0.15) is 5.10 Å². The van der Waals surface area contributed by atoms with Crippen molar-refractivity contribution in [3.63, 3.8) is 0 Å². The van der Waals surface area contributed by atoms with Crippen molar-refractivity contribution in [3.05, 3.63) is 29.1 Å². The first kappa shape index (κ1) is 10.4. The average Bonchev–Trinajstić information content (AvgIpc) is 2.45. The van der Waals surface area contributed by atoms with Gasteiger partial charge in [0.05, 0.1) is 5.69 Å². The third-order valence-electron chi connectivity index (χ3n) is 2.75. The monoisotopic (exact) mass is 206 g/mol. The molecule has 4 heteroatoms. The fourth-order valence-corrected chi connectivity index (χ4v) is 1.90. The second kappa shape index (κ2) is 4.16. The van der Waals surface area contributed by atoms with Crippen LogP contribution in [0.3, 0.4) is 0 Å². The highest BCUT2D eigenvalue weighted by Gasteiger charge is 2.11. The summed E-state index contributed by atoms with van der Waals surface area (Å²) in [5.74, 6) is 0. The number of aromatic nitrogens is 2. The quantitative estimate of drug-likeness (QED) is 0.676. The highest BCUT2D eigenvalue weighted by molar-refractivity contribution is 5.21. The lowest BCUT2D eigenvalue weighted by Crippen LogP contribution is -2.38. The van der Waals surface area contributed by atoms with Gasteiger partial charge in [-0.3, -0.25) is 4.68 Å². The van der Waals surface area contributed by atoms with Crippen LogP contribution in [0.4, 0.5) is 0 Å². The molecule has 0 radical (unpaired) electrons. The molecule has 0 saturated carbocycles. The molecule has 4 nitrogen and oxygen atoms in total. The summed E-state index contributed by atoms with van der Waals surface area (Å²) in [5.41, 5.74) is 9.50. The molecule has 82 valence electrons. The summed E-state index contributed by atoms with van der Waals surface area (Å²) in [5, 5.41) is 7.73. The van der Waals surface area contributed by atoms with E-state index in [0.717, 1.165) is 25.2 Å². The van der Waals surface area contributed by atoms with E-state index in [4.69, 9.17) is 5.73 Å². The molecule has 15 heavy (non-hydrogen) atoms. The minimum Gasteiger partial charge on any atom is -0.323 e. The molecule has 1 aliphatic heterocycles. The van der Waals surface area contributed by atoms with E-state index in [2.05, 4.69) is 29.5 Å². The standard InChI is InChI=1S/C11H18N4/c1-8-3-11(14-15(8)2)5-9-4-10(12)7-13-6-9/h3-4,10,13H,5-7,12H2,1-2H3. The van der Waals surface area contributed by atoms with Gasteiger partial charge < -0.3 is 11.1 Å². The van der Waals surface area contributed by atoms with Crippen LogP contribution < -0.4 is 11.1 Å². The predicted octanol–water partition coefficient (Wildman–Crippen LogP) is 0.128. The molecule has 0 aliphatic carbocycles. The maximum absolute atomic E-state index is 5.85. The molecule has 1 aliphatic rings. The van der Waals surface area contributed by atoms with E-state index in [0.29, 0.717) is 0 Å². The molecule has 1 aromatic heterocycles. The fourth-order valence-electron chi connectivity index (χ4n) is 1.90. The molecule has 0 spiro atoms. The maximum Gasteiger partial charge on any atom is 0.0668 e. The van der Waals surface area contributed by atoms with Gasteiger partial charge in [0, 0.05) is 38.3 Å². The van der Waals surface area contributed by atoms with Crippen LogP contribution in [-0.4, -0.2) is 28.9 Å². The minimum absolute atomic E-state index is 0.151. The fraction of sp³-hybridized carbons (Fsp3) is 0.545. The zero-order valence-corrected chi connectivity index (χ0v) is 9.33. The zero-order chi connectivity index (χ0) is 10.8. The summed E-state index contributed by atoms with van der Waals surface area (Å²) in [6.45, 7) is 3.88. The van der Waals surface area contributed by atoms with Crippen LogP contribution in [0.15, 0.2) is 17.7 Å². The number of rotatable bonds is 2. The number of nitrogens with zero attached hydrogens (tertiary/aromatic N) is 2. The Balaban J connectivity index is 2.08. The molecular formula is C11H18N4. The summed E-state index contributed by atoms with van der Waals surface area (Å²) in [6, 6.07) is 2.28. The summed E-state index contributed by atoms with van der Waals surface area (Å²) in [4.78, 5) is 0. The molecule has 1 aromatic rings. The lowest BCUT2D eigenvalue weighted by molar-refractivity contribution is 0.623. The van der Waals surface area contributed by atoms with Gasteiger partial charge in [0.25, 0.3) is 0 Å². The van der Waals surface area contributed by atoms with E-state index in [1.807, 2.05) is 11.7 Å². The smallest absolute Gasteiger partial charge is 0.0668 e. The first-order chi connectivity index (χ1) is 7.15. The summed E-state index contributed by atoms with van der Waals surface area (Å²) >= 11 is 0. The highest BCUT2D eigenvalue weighted by Crippen LogP contribution is 2.10. The Bertz CT molecular complexity index is 358. The van der Waals surface area contributed by atoms with Crippen LogP contribution in [0.5, 0.6) is 0 Å². The Morgan fingerprint density at radius 1 is 1.67 bits per heavy atom. The predicted molar refractivity (Wildman–Crippen MR) is 60.6 cm³/mol. The van der Waals surface area contributed by atoms with Crippen LogP contribution in [0.25, 0.3) is 0 Å². The van der Waals surface area contributed by atoms with E-state index in [1.165, 1.54) is 11.3 Å². The van der Waals surface area contributed by atoms with E-state index in [-0.39, 0.29) is 6.04 Å². The molecule has 2 rings (SSSR count). The first-order valence-corrected chi connectivity index (χ1v) is 5.30.